The molecular formula is C21H28N2O3S. The van der Waals surface area contributed by atoms with Gasteiger partial charge in [0.25, 0.3) is 0 Å². The van der Waals surface area contributed by atoms with Crippen LogP contribution in [-0.2, 0) is 10.0 Å². The molecule has 0 spiro atoms. The zero-order chi connectivity index (χ0) is 19.4. The van der Waals surface area contributed by atoms with Crippen molar-refractivity contribution in [2.45, 2.75) is 31.6 Å². The van der Waals surface area contributed by atoms with Crippen LogP contribution >= 0.6 is 0 Å². The molecule has 0 saturated carbocycles. The topological polar surface area (TPSA) is 49.9 Å². The highest BCUT2D eigenvalue weighted by Crippen LogP contribution is 2.29. The Morgan fingerprint density at radius 1 is 0.963 bits per heavy atom. The van der Waals surface area contributed by atoms with Crippen molar-refractivity contribution >= 4 is 15.7 Å². The van der Waals surface area contributed by atoms with E-state index in [1.54, 1.807) is 28.6 Å². The number of para-hydroxylation sites is 1. The van der Waals surface area contributed by atoms with Crippen molar-refractivity contribution in [3.05, 3.63) is 54.1 Å². The summed E-state index contributed by atoms with van der Waals surface area (Å²) in [6.07, 6.45) is 0. The van der Waals surface area contributed by atoms with E-state index in [2.05, 4.69) is 36.9 Å². The predicted molar refractivity (Wildman–Crippen MR) is 109 cm³/mol. The minimum Gasteiger partial charge on any atom is -0.494 e. The van der Waals surface area contributed by atoms with E-state index < -0.39 is 10.0 Å². The van der Waals surface area contributed by atoms with Crippen LogP contribution in [-0.4, -0.2) is 45.5 Å². The summed E-state index contributed by atoms with van der Waals surface area (Å²) in [5.41, 5.74) is 2.52. The summed E-state index contributed by atoms with van der Waals surface area (Å²) in [7, 11) is -3.47. The van der Waals surface area contributed by atoms with E-state index in [0.717, 1.165) is 0 Å². The number of rotatable bonds is 6. The number of anilines is 1. The Kier molecular flexibility index (Phi) is 6.07. The third kappa shape index (κ3) is 4.28. The van der Waals surface area contributed by atoms with Crippen LogP contribution in [0, 0.1) is 0 Å². The molecule has 5 nitrogen and oxygen atoms in total. The quantitative estimate of drug-likeness (QED) is 0.757. The Balaban J connectivity index is 1.71. The lowest BCUT2D eigenvalue weighted by molar-refractivity contribution is 0.340. The molecule has 0 aliphatic carbocycles. The fourth-order valence-corrected chi connectivity index (χ4v) is 4.88. The number of benzene rings is 2. The zero-order valence-electron chi connectivity index (χ0n) is 16.3. The molecule has 1 saturated heterocycles. The maximum absolute atomic E-state index is 12.9. The van der Waals surface area contributed by atoms with Gasteiger partial charge in [0.2, 0.25) is 10.0 Å². The molecule has 0 atom stereocenters. The number of hydrogen-bond donors (Lipinski definition) is 0. The minimum absolute atomic E-state index is 0.321. The molecule has 1 fully saturated rings. The fraction of sp³-hybridized carbons (Fsp3) is 0.429. The van der Waals surface area contributed by atoms with Gasteiger partial charge in [0.1, 0.15) is 5.75 Å². The van der Waals surface area contributed by atoms with Crippen molar-refractivity contribution in [1.29, 1.82) is 0 Å². The van der Waals surface area contributed by atoms with Crippen LogP contribution in [0.4, 0.5) is 5.69 Å². The first-order chi connectivity index (χ1) is 12.9. The fourth-order valence-electron chi connectivity index (χ4n) is 3.46. The summed E-state index contributed by atoms with van der Waals surface area (Å²) in [5.74, 6) is 1.12. The second-order valence-corrected chi connectivity index (χ2v) is 8.95. The van der Waals surface area contributed by atoms with Gasteiger partial charge in [-0.1, -0.05) is 32.0 Å². The molecule has 0 radical (unpaired) electrons. The third-order valence-electron chi connectivity index (χ3n) is 4.91. The number of hydrogen-bond acceptors (Lipinski definition) is 4. The Labute approximate surface area is 162 Å². The molecule has 0 amide bonds. The molecular weight excluding hydrogens is 360 g/mol. The van der Waals surface area contributed by atoms with Gasteiger partial charge in [-0.3, -0.25) is 0 Å². The Bertz CT molecular complexity index is 855. The maximum atomic E-state index is 12.9. The van der Waals surface area contributed by atoms with Gasteiger partial charge in [-0.05, 0) is 48.7 Å². The van der Waals surface area contributed by atoms with E-state index in [9.17, 15) is 8.42 Å². The summed E-state index contributed by atoms with van der Waals surface area (Å²) < 4.78 is 32.9. The summed E-state index contributed by atoms with van der Waals surface area (Å²) >= 11 is 0. The molecule has 2 aromatic rings. The molecule has 0 aromatic heterocycles. The van der Waals surface area contributed by atoms with Crippen molar-refractivity contribution in [2.24, 2.45) is 0 Å². The first kappa shape index (κ1) is 19.7. The van der Waals surface area contributed by atoms with E-state index in [0.29, 0.717) is 49.3 Å². The number of ether oxygens (including phenoxy) is 1. The smallest absolute Gasteiger partial charge is 0.243 e. The molecule has 1 heterocycles. The van der Waals surface area contributed by atoms with Crippen molar-refractivity contribution in [3.8, 4) is 5.75 Å². The lowest BCUT2D eigenvalue weighted by Gasteiger charge is -2.36. The van der Waals surface area contributed by atoms with Gasteiger partial charge in [-0.15, -0.1) is 0 Å². The van der Waals surface area contributed by atoms with Crippen LogP contribution in [0.15, 0.2) is 53.4 Å². The second kappa shape index (κ2) is 8.31. The Morgan fingerprint density at radius 3 is 2.19 bits per heavy atom. The summed E-state index contributed by atoms with van der Waals surface area (Å²) in [4.78, 5) is 2.61. The zero-order valence-corrected chi connectivity index (χ0v) is 17.1. The molecule has 1 aliphatic rings. The van der Waals surface area contributed by atoms with Crippen LogP contribution in [0.5, 0.6) is 5.75 Å². The molecule has 6 heteroatoms. The lowest BCUT2D eigenvalue weighted by Crippen LogP contribution is -2.48. The summed E-state index contributed by atoms with van der Waals surface area (Å²) in [6.45, 7) is 9.20. The minimum atomic E-state index is -3.47. The molecule has 3 rings (SSSR count). The lowest BCUT2D eigenvalue weighted by atomic mass is 10.00. The van der Waals surface area contributed by atoms with Gasteiger partial charge in [-0.2, -0.15) is 4.31 Å². The van der Waals surface area contributed by atoms with Crippen molar-refractivity contribution in [3.63, 3.8) is 0 Å². The van der Waals surface area contributed by atoms with E-state index in [-0.39, 0.29) is 0 Å². The molecule has 1 aliphatic heterocycles. The van der Waals surface area contributed by atoms with E-state index in [1.165, 1.54) is 11.3 Å². The summed E-state index contributed by atoms with van der Waals surface area (Å²) in [6, 6.07) is 15.1. The van der Waals surface area contributed by atoms with Crippen LogP contribution in [0.2, 0.25) is 0 Å². The Hall–Kier alpha value is -2.05. The first-order valence-electron chi connectivity index (χ1n) is 9.50. The predicted octanol–water partition coefficient (Wildman–Crippen LogP) is 3.72. The molecule has 2 aromatic carbocycles. The highest BCUT2D eigenvalue weighted by Gasteiger charge is 2.29. The summed E-state index contributed by atoms with van der Waals surface area (Å²) in [5, 5.41) is 0. The molecule has 0 bridgehead atoms. The SMILES string of the molecule is CCOc1ccc(S(=O)(=O)N2CCN(c3ccccc3C(C)C)CC2)cc1. The van der Waals surface area contributed by atoms with Gasteiger partial charge in [0.15, 0.2) is 0 Å². The van der Waals surface area contributed by atoms with Crippen molar-refractivity contribution in [2.75, 3.05) is 37.7 Å². The third-order valence-corrected chi connectivity index (χ3v) is 6.82. The molecule has 0 N–H and O–H groups in total. The molecule has 0 unspecified atom stereocenters. The van der Waals surface area contributed by atoms with Gasteiger partial charge >= 0.3 is 0 Å². The van der Waals surface area contributed by atoms with E-state index in [4.69, 9.17) is 4.74 Å². The average molecular weight is 389 g/mol. The van der Waals surface area contributed by atoms with Crippen LogP contribution < -0.4 is 9.64 Å². The van der Waals surface area contributed by atoms with Gasteiger partial charge in [0.05, 0.1) is 11.5 Å². The average Bonchev–Trinajstić information content (AvgIpc) is 2.69. The van der Waals surface area contributed by atoms with Gasteiger partial charge in [-0.25, -0.2) is 8.42 Å². The molecule has 146 valence electrons. The van der Waals surface area contributed by atoms with Gasteiger partial charge < -0.3 is 9.64 Å². The molecule has 27 heavy (non-hydrogen) atoms. The second-order valence-electron chi connectivity index (χ2n) is 7.01. The number of nitrogens with zero attached hydrogens (tertiary/aromatic N) is 2. The monoisotopic (exact) mass is 388 g/mol. The normalized spacial score (nSPS) is 15.9. The highest BCUT2D eigenvalue weighted by atomic mass is 32.2. The van der Waals surface area contributed by atoms with E-state index >= 15 is 0 Å². The van der Waals surface area contributed by atoms with Crippen molar-refractivity contribution < 1.29 is 13.2 Å². The van der Waals surface area contributed by atoms with E-state index in [1.807, 2.05) is 13.0 Å². The van der Waals surface area contributed by atoms with Gasteiger partial charge in [0, 0.05) is 31.9 Å². The highest BCUT2D eigenvalue weighted by molar-refractivity contribution is 7.89. The van der Waals surface area contributed by atoms with Crippen LogP contribution in [0.1, 0.15) is 32.3 Å². The van der Waals surface area contributed by atoms with Crippen molar-refractivity contribution in [1.82, 2.24) is 4.31 Å². The number of sulfonamides is 1. The maximum Gasteiger partial charge on any atom is 0.243 e. The van der Waals surface area contributed by atoms with Crippen LogP contribution in [0.3, 0.4) is 0 Å². The number of piperazine rings is 1. The van der Waals surface area contributed by atoms with Crippen LogP contribution in [0.25, 0.3) is 0 Å². The largest absolute Gasteiger partial charge is 0.494 e. The Morgan fingerprint density at radius 2 is 1.59 bits per heavy atom. The first-order valence-corrected chi connectivity index (χ1v) is 10.9. The standard InChI is InChI=1S/C21H28N2O3S/c1-4-26-18-9-11-19(12-10-18)27(24,25)23-15-13-22(14-16-23)21-8-6-5-7-20(21)17(2)3/h5-12,17H,4,13-16H2,1-3H3.